The lowest BCUT2D eigenvalue weighted by Crippen LogP contribution is -2.36. The largest absolute Gasteiger partial charge is 0.489 e. The van der Waals surface area contributed by atoms with Crippen LogP contribution in [0, 0.1) is 18.8 Å². The van der Waals surface area contributed by atoms with Gasteiger partial charge in [-0.2, -0.15) is 0 Å². The highest BCUT2D eigenvalue weighted by atomic mass is 35.5. The van der Waals surface area contributed by atoms with Crippen LogP contribution in [0.1, 0.15) is 38.7 Å². The van der Waals surface area contributed by atoms with Gasteiger partial charge in [0.15, 0.2) is 0 Å². The van der Waals surface area contributed by atoms with Gasteiger partial charge in [-0.05, 0) is 63.2 Å². The maximum absolute atomic E-state index is 12.1. The van der Waals surface area contributed by atoms with Crippen molar-refractivity contribution in [2.45, 2.75) is 46.1 Å². The van der Waals surface area contributed by atoms with Gasteiger partial charge in [0.05, 0.1) is 6.54 Å². The molecule has 1 amide bonds. The molecule has 1 aromatic rings. The van der Waals surface area contributed by atoms with E-state index in [9.17, 15) is 4.79 Å². The normalized spacial score (nSPS) is 17.5. The lowest BCUT2D eigenvalue weighted by molar-refractivity contribution is -0.122. The number of piperidine rings is 1. The number of amides is 1. The molecule has 1 heterocycles. The predicted octanol–water partition coefficient (Wildman–Crippen LogP) is 3.33. The van der Waals surface area contributed by atoms with Crippen LogP contribution in [-0.4, -0.2) is 31.6 Å². The van der Waals surface area contributed by atoms with Crippen molar-refractivity contribution in [3.63, 3.8) is 0 Å². The second-order valence-corrected chi connectivity index (χ2v) is 6.77. The van der Waals surface area contributed by atoms with E-state index in [1.807, 2.05) is 38.1 Å². The molecule has 1 aliphatic rings. The Hall–Kier alpha value is -1.26. The first kappa shape index (κ1) is 20.8. The number of ether oxygens (including phenoxy) is 1. The third-order valence-electron chi connectivity index (χ3n) is 4.70. The summed E-state index contributed by atoms with van der Waals surface area (Å²) in [4.78, 5) is 12.1. The molecule has 0 bridgehead atoms. The molecule has 0 spiro atoms. The summed E-state index contributed by atoms with van der Waals surface area (Å²) in [5, 5.41) is 6.39. The second kappa shape index (κ2) is 10.6. The molecule has 1 aromatic carbocycles. The predicted molar refractivity (Wildman–Crippen MR) is 101 cm³/mol. The molecule has 2 atom stereocenters. The summed E-state index contributed by atoms with van der Waals surface area (Å²) in [5.41, 5.74) is 1.12. The summed E-state index contributed by atoms with van der Waals surface area (Å²) in [6, 6.07) is 7.96. The Labute approximate surface area is 152 Å². The minimum atomic E-state index is -0.0331. The molecule has 5 heteroatoms. The molecule has 2 unspecified atom stereocenters. The van der Waals surface area contributed by atoms with E-state index in [1.54, 1.807) is 0 Å². The van der Waals surface area contributed by atoms with Gasteiger partial charge >= 0.3 is 0 Å². The van der Waals surface area contributed by atoms with Crippen molar-refractivity contribution in [1.82, 2.24) is 10.6 Å². The summed E-state index contributed by atoms with van der Waals surface area (Å²) in [6.45, 7) is 8.93. The van der Waals surface area contributed by atoms with E-state index >= 15 is 0 Å². The van der Waals surface area contributed by atoms with Crippen LogP contribution in [0.15, 0.2) is 24.3 Å². The second-order valence-electron chi connectivity index (χ2n) is 6.77. The highest BCUT2D eigenvalue weighted by Gasteiger charge is 2.22. The fraction of sp³-hybridized carbons (Fsp3) is 0.632. The molecule has 0 saturated carbocycles. The lowest BCUT2D eigenvalue weighted by atomic mass is 9.84. The first-order chi connectivity index (χ1) is 11.1. The number of benzene rings is 1. The Morgan fingerprint density at radius 3 is 2.62 bits per heavy atom. The highest BCUT2D eigenvalue weighted by molar-refractivity contribution is 5.85. The summed E-state index contributed by atoms with van der Waals surface area (Å²) < 4.78 is 5.89. The fourth-order valence-electron chi connectivity index (χ4n) is 3.15. The third kappa shape index (κ3) is 6.70. The Kier molecular flexibility index (Phi) is 9.16. The summed E-state index contributed by atoms with van der Waals surface area (Å²) >= 11 is 0. The Morgan fingerprint density at radius 1 is 1.29 bits per heavy atom. The maximum atomic E-state index is 12.1. The van der Waals surface area contributed by atoms with Gasteiger partial charge in [0.2, 0.25) is 5.91 Å². The highest BCUT2D eigenvalue weighted by Crippen LogP contribution is 2.24. The van der Waals surface area contributed by atoms with E-state index in [0.29, 0.717) is 24.8 Å². The maximum Gasteiger partial charge on any atom is 0.220 e. The van der Waals surface area contributed by atoms with Gasteiger partial charge in [0.25, 0.3) is 0 Å². The van der Waals surface area contributed by atoms with Gasteiger partial charge in [-0.15, -0.1) is 12.4 Å². The van der Waals surface area contributed by atoms with E-state index in [0.717, 1.165) is 24.4 Å². The number of rotatable bonds is 7. The van der Waals surface area contributed by atoms with Gasteiger partial charge in [-0.1, -0.05) is 25.1 Å². The van der Waals surface area contributed by atoms with Crippen LogP contribution in [0.2, 0.25) is 0 Å². The lowest BCUT2D eigenvalue weighted by Gasteiger charge is -2.28. The van der Waals surface area contributed by atoms with Crippen LogP contribution >= 0.6 is 12.4 Å². The van der Waals surface area contributed by atoms with Crippen molar-refractivity contribution in [2.24, 2.45) is 11.8 Å². The molecule has 2 rings (SSSR count). The smallest absolute Gasteiger partial charge is 0.220 e. The number of para-hydroxylation sites is 1. The summed E-state index contributed by atoms with van der Waals surface area (Å²) in [7, 11) is 0. The minimum Gasteiger partial charge on any atom is -0.489 e. The molecule has 4 nitrogen and oxygen atoms in total. The van der Waals surface area contributed by atoms with Crippen molar-refractivity contribution in [2.75, 3.05) is 19.6 Å². The number of hydrogen-bond donors (Lipinski definition) is 2. The quantitative estimate of drug-likeness (QED) is 0.789. The van der Waals surface area contributed by atoms with Crippen LogP contribution in [0.25, 0.3) is 0 Å². The molecule has 2 N–H and O–H groups in total. The van der Waals surface area contributed by atoms with Gasteiger partial charge < -0.3 is 15.4 Å². The van der Waals surface area contributed by atoms with Crippen LogP contribution in [0.3, 0.4) is 0 Å². The van der Waals surface area contributed by atoms with E-state index in [1.165, 1.54) is 12.8 Å². The zero-order valence-corrected chi connectivity index (χ0v) is 15.8. The molecule has 1 fully saturated rings. The van der Waals surface area contributed by atoms with E-state index in [2.05, 4.69) is 17.6 Å². The molecular weight excluding hydrogens is 324 g/mol. The first-order valence-electron chi connectivity index (χ1n) is 8.76. The first-order valence-corrected chi connectivity index (χ1v) is 8.76. The summed E-state index contributed by atoms with van der Waals surface area (Å²) in [6.07, 6.45) is 2.94. The van der Waals surface area contributed by atoms with Crippen LogP contribution < -0.4 is 15.4 Å². The number of hydrogen-bond acceptors (Lipinski definition) is 3. The molecule has 136 valence electrons. The van der Waals surface area contributed by atoms with Gasteiger partial charge in [0.1, 0.15) is 11.9 Å². The Bertz CT molecular complexity index is 504. The number of halogens is 1. The average Bonchev–Trinajstić information content (AvgIpc) is 2.56. The monoisotopic (exact) mass is 354 g/mol. The minimum absolute atomic E-state index is 0. The fourth-order valence-corrected chi connectivity index (χ4v) is 3.15. The van der Waals surface area contributed by atoms with Gasteiger partial charge in [0, 0.05) is 6.42 Å². The van der Waals surface area contributed by atoms with Crippen molar-refractivity contribution in [3.05, 3.63) is 29.8 Å². The van der Waals surface area contributed by atoms with Gasteiger partial charge in [-0.3, -0.25) is 4.79 Å². The standard InChI is InChI=1S/C19H30N2O2.ClH/c1-14-6-4-5-7-18(14)23-16(3)13-21-19(22)12-15(2)17-8-10-20-11-9-17;/h4-7,15-17,20H,8-13H2,1-3H3,(H,21,22);1H. The molecule has 0 aromatic heterocycles. The molecular formula is C19H31ClN2O2. The molecule has 1 saturated heterocycles. The van der Waals surface area contributed by atoms with Crippen molar-refractivity contribution < 1.29 is 9.53 Å². The number of carbonyl (C=O) groups is 1. The molecule has 1 aliphatic heterocycles. The van der Waals surface area contributed by atoms with E-state index < -0.39 is 0 Å². The Balaban J connectivity index is 0.00000288. The molecule has 24 heavy (non-hydrogen) atoms. The zero-order valence-electron chi connectivity index (χ0n) is 15.0. The van der Waals surface area contributed by atoms with Crippen molar-refractivity contribution >= 4 is 18.3 Å². The van der Waals surface area contributed by atoms with Crippen LogP contribution in [0.4, 0.5) is 0 Å². The SMILES string of the molecule is Cc1ccccc1OC(C)CNC(=O)CC(C)C1CCNCC1.Cl. The Morgan fingerprint density at radius 2 is 1.96 bits per heavy atom. The zero-order chi connectivity index (χ0) is 16.7. The molecule has 0 radical (unpaired) electrons. The van der Waals surface area contributed by atoms with Crippen molar-refractivity contribution in [1.29, 1.82) is 0 Å². The van der Waals surface area contributed by atoms with Crippen LogP contribution in [-0.2, 0) is 4.79 Å². The van der Waals surface area contributed by atoms with Crippen LogP contribution in [0.5, 0.6) is 5.75 Å². The van der Waals surface area contributed by atoms with Crippen molar-refractivity contribution in [3.8, 4) is 5.75 Å². The number of carbonyl (C=O) groups excluding carboxylic acids is 1. The van der Waals surface area contributed by atoms with E-state index in [4.69, 9.17) is 4.74 Å². The third-order valence-corrected chi connectivity index (χ3v) is 4.70. The topological polar surface area (TPSA) is 50.4 Å². The van der Waals surface area contributed by atoms with E-state index in [-0.39, 0.29) is 24.4 Å². The number of nitrogens with one attached hydrogen (secondary N) is 2. The average molecular weight is 355 g/mol. The number of aryl methyl sites for hydroxylation is 1. The summed E-state index contributed by atoms with van der Waals surface area (Å²) in [5.74, 6) is 2.14. The molecule has 0 aliphatic carbocycles. The van der Waals surface area contributed by atoms with Gasteiger partial charge in [-0.25, -0.2) is 0 Å².